The Morgan fingerprint density at radius 2 is 1.42 bits per heavy atom. The van der Waals surface area contributed by atoms with Crippen molar-refractivity contribution in [1.82, 2.24) is 9.80 Å². The zero-order chi connectivity index (χ0) is 14.8. The Bertz CT molecular complexity index is 203. The van der Waals surface area contributed by atoms with Crippen LogP contribution in [0.4, 0.5) is 0 Å². The number of hydrogen-bond acceptors (Lipinski definition) is 5. The third-order valence-corrected chi connectivity index (χ3v) is 3.05. The lowest BCUT2D eigenvalue weighted by Gasteiger charge is -2.26. The molecular weight excluding hydrogens is 244 g/mol. The van der Waals surface area contributed by atoms with Crippen molar-refractivity contribution in [3.63, 3.8) is 0 Å². The molecule has 0 aromatic heterocycles. The lowest BCUT2D eigenvalue weighted by Crippen LogP contribution is -2.38. The topological polar surface area (TPSA) is 67.2 Å². The normalized spacial score (nSPS) is 16.9. The summed E-state index contributed by atoms with van der Waals surface area (Å²) in [6.07, 6.45) is 0.736. The van der Waals surface area contributed by atoms with Gasteiger partial charge in [0.25, 0.3) is 0 Å². The fourth-order valence-corrected chi connectivity index (χ4v) is 2.15. The Labute approximate surface area is 117 Å². The standard InChI is InChI=1S/C14H32N2O3/c1-5-14(19)11-15(4)7-6-8-16(9-12(2)17)10-13(3)18/h12-14,17-19H,5-11H2,1-4H3. The van der Waals surface area contributed by atoms with E-state index in [9.17, 15) is 15.3 Å². The van der Waals surface area contributed by atoms with Crippen molar-refractivity contribution in [2.24, 2.45) is 0 Å². The van der Waals surface area contributed by atoms with Crippen molar-refractivity contribution < 1.29 is 15.3 Å². The van der Waals surface area contributed by atoms with Crippen LogP contribution in [-0.4, -0.2) is 83.2 Å². The predicted octanol–water partition coefficient (Wildman–Crippen LogP) is 0.143. The van der Waals surface area contributed by atoms with Crippen LogP contribution in [0, 0.1) is 0 Å². The minimum Gasteiger partial charge on any atom is -0.392 e. The highest BCUT2D eigenvalue weighted by Crippen LogP contribution is 2.00. The van der Waals surface area contributed by atoms with E-state index in [0.717, 1.165) is 25.9 Å². The molecule has 0 bridgehead atoms. The van der Waals surface area contributed by atoms with Gasteiger partial charge in [-0.25, -0.2) is 0 Å². The van der Waals surface area contributed by atoms with Crippen LogP contribution < -0.4 is 0 Å². The van der Waals surface area contributed by atoms with Crippen LogP contribution in [0.5, 0.6) is 0 Å². The summed E-state index contributed by atoms with van der Waals surface area (Å²) in [5.74, 6) is 0. The van der Waals surface area contributed by atoms with Crippen molar-refractivity contribution in [3.05, 3.63) is 0 Å². The smallest absolute Gasteiger partial charge is 0.0664 e. The highest BCUT2D eigenvalue weighted by molar-refractivity contribution is 4.66. The Hall–Kier alpha value is -0.200. The molecule has 0 rings (SSSR count). The molecule has 0 aliphatic heterocycles. The number of aliphatic hydroxyl groups excluding tert-OH is 3. The quantitative estimate of drug-likeness (QED) is 0.501. The number of aliphatic hydroxyl groups is 3. The molecule has 116 valence electrons. The molecule has 5 heteroatoms. The minimum absolute atomic E-state index is 0.254. The van der Waals surface area contributed by atoms with Gasteiger partial charge in [-0.2, -0.15) is 0 Å². The average Bonchev–Trinajstić information content (AvgIpc) is 2.26. The zero-order valence-electron chi connectivity index (χ0n) is 12.9. The van der Waals surface area contributed by atoms with E-state index in [1.807, 2.05) is 14.0 Å². The van der Waals surface area contributed by atoms with E-state index in [0.29, 0.717) is 19.6 Å². The highest BCUT2D eigenvalue weighted by atomic mass is 16.3. The molecule has 0 saturated carbocycles. The second kappa shape index (κ2) is 10.6. The molecule has 0 amide bonds. The summed E-state index contributed by atoms with van der Waals surface area (Å²) in [7, 11) is 2.01. The molecule has 0 heterocycles. The number of nitrogens with zero attached hydrogens (tertiary/aromatic N) is 2. The molecule has 3 atom stereocenters. The lowest BCUT2D eigenvalue weighted by molar-refractivity contribution is 0.0788. The van der Waals surface area contributed by atoms with Gasteiger partial charge in [0.1, 0.15) is 0 Å². The predicted molar refractivity (Wildman–Crippen MR) is 78.2 cm³/mol. The van der Waals surface area contributed by atoms with Gasteiger partial charge in [-0.15, -0.1) is 0 Å². The molecule has 0 aliphatic rings. The molecule has 3 N–H and O–H groups in total. The summed E-state index contributed by atoms with van der Waals surface area (Å²) >= 11 is 0. The van der Waals surface area contributed by atoms with Gasteiger partial charge in [-0.3, -0.25) is 4.90 Å². The van der Waals surface area contributed by atoms with Gasteiger partial charge < -0.3 is 20.2 Å². The van der Waals surface area contributed by atoms with Crippen molar-refractivity contribution in [3.8, 4) is 0 Å². The van der Waals surface area contributed by atoms with Crippen LogP contribution in [0.2, 0.25) is 0 Å². The fourth-order valence-electron chi connectivity index (χ4n) is 2.15. The first-order chi connectivity index (χ1) is 8.85. The maximum atomic E-state index is 9.56. The van der Waals surface area contributed by atoms with Gasteiger partial charge in [0.05, 0.1) is 18.3 Å². The first kappa shape index (κ1) is 18.8. The van der Waals surface area contributed by atoms with E-state index in [1.165, 1.54) is 0 Å². The van der Waals surface area contributed by atoms with E-state index in [4.69, 9.17) is 0 Å². The molecule has 0 aromatic rings. The molecule has 0 radical (unpaired) electrons. The number of likely N-dealkylation sites (N-methyl/N-ethyl adjacent to an activating group) is 1. The van der Waals surface area contributed by atoms with Gasteiger partial charge in [0, 0.05) is 19.6 Å². The fraction of sp³-hybridized carbons (Fsp3) is 1.00. The Morgan fingerprint density at radius 3 is 1.84 bits per heavy atom. The maximum absolute atomic E-state index is 9.56. The van der Waals surface area contributed by atoms with Gasteiger partial charge >= 0.3 is 0 Å². The number of rotatable bonds is 11. The Morgan fingerprint density at radius 1 is 0.895 bits per heavy atom. The van der Waals surface area contributed by atoms with Crippen LogP contribution in [0.15, 0.2) is 0 Å². The summed E-state index contributed by atoms with van der Waals surface area (Å²) in [5.41, 5.74) is 0. The van der Waals surface area contributed by atoms with Crippen LogP contribution in [0.3, 0.4) is 0 Å². The first-order valence-electron chi connectivity index (χ1n) is 7.30. The highest BCUT2D eigenvalue weighted by Gasteiger charge is 2.11. The molecule has 3 unspecified atom stereocenters. The van der Waals surface area contributed by atoms with Gasteiger partial charge in [0.15, 0.2) is 0 Å². The van der Waals surface area contributed by atoms with Crippen LogP contribution in [-0.2, 0) is 0 Å². The second-order valence-corrected chi connectivity index (χ2v) is 5.64. The van der Waals surface area contributed by atoms with Crippen molar-refractivity contribution in [2.45, 2.75) is 51.9 Å². The molecule has 0 fully saturated rings. The summed E-state index contributed by atoms with van der Waals surface area (Å²) in [6, 6.07) is 0. The Kier molecular flexibility index (Phi) is 10.5. The zero-order valence-corrected chi connectivity index (χ0v) is 12.9. The average molecular weight is 276 g/mol. The van der Waals surface area contributed by atoms with E-state index >= 15 is 0 Å². The third kappa shape index (κ3) is 11.3. The lowest BCUT2D eigenvalue weighted by atomic mass is 10.2. The Balaban J connectivity index is 3.90. The summed E-state index contributed by atoms with van der Waals surface area (Å²) < 4.78 is 0. The molecule has 0 aliphatic carbocycles. The van der Waals surface area contributed by atoms with Crippen molar-refractivity contribution in [1.29, 1.82) is 0 Å². The van der Waals surface area contributed by atoms with Gasteiger partial charge in [0.2, 0.25) is 0 Å². The van der Waals surface area contributed by atoms with Crippen LogP contribution >= 0.6 is 0 Å². The molecule has 0 spiro atoms. The molecule has 0 aromatic carbocycles. The van der Waals surface area contributed by atoms with Gasteiger partial charge in [-0.05, 0) is 46.8 Å². The SMILES string of the molecule is CCC(O)CN(C)CCCN(CC(C)O)CC(C)O. The van der Waals surface area contributed by atoms with Gasteiger partial charge in [-0.1, -0.05) is 6.92 Å². The first-order valence-corrected chi connectivity index (χ1v) is 7.30. The number of hydrogen-bond donors (Lipinski definition) is 3. The van der Waals surface area contributed by atoms with E-state index in [1.54, 1.807) is 13.8 Å². The van der Waals surface area contributed by atoms with Crippen molar-refractivity contribution in [2.75, 3.05) is 39.8 Å². The third-order valence-electron chi connectivity index (χ3n) is 3.05. The summed E-state index contributed by atoms with van der Waals surface area (Å²) in [6.45, 7) is 9.14. The minimum atomic E-state index is -0.376. The van der Waals surface area contributed by atoms with E-state index < -0.39 is 0 Å². The molecule has 5 nitrogen and oxygen atoms in total. The molecule has 0 saturated heterocycles. The van der Waals surface area contributed by atoms with E-state index in [2.05, 4.69) is 9.80 Å². The largest absolute Gasteiger partial charge is 0.392 e. The monoisotopic (exact) mass is 276 g/mol. The summed E-state index contributed by atoms with van der Waals surface area (Å²) in [5, 5.41) is 28.4. The van der Waals surface area contributed by atoms with Crippen LogP contribution in [0.25, 0.3) is 0 Å². The molecular formula is C14H32N2O3. The van der Waals surface area contributed by atoms with E-state index in [-0.39, 0.29) is 18.3 Å². The van der Waals surface area contributed by atoms with Crippen LogP contribution in [0.1, 0.15) is 33.6 Å². The second-order valence-electron chi connectivity index (χ2n) is 5.64. The summed E-state index contributed by atoms with van der Waals surface area (Å²) in [4.78, 5) is 4.20. The van der Waals surface area contributed by atoms with Crippen molar-refractivity contribution >= 4 is 0 Å². The molecule has 19 heavy (non-hydrogen) atoms. The maximum Gasteiger partial charge on any atom is 0.0664 e.